The standard InChI is InChI=1S/C11H16N2O2S/c1-15-10(14)9-8(12-11(16)13-9)7-5-3-2-4-6-7/h7H,2-6H2,1H3,(H2,12,13,16). The molecule has 1 aliphatic carbocycles. The summed E-state index contributed by atoms with van der Waals surface area (Å²) in [6, 6.07) is 0. The van der Waals surface area contributed by atoms with Gasteiger partial charge in [0.05, 0.1) is 12.8 Å². The fourth-order valence-corrected chi connectivity index (χ4v) is 2.57. The van der Waals surface area contributed by atoms with Crippen LogP contribution in [0, 0.1) is 4.77 Å². The molecule has 0 spiro atoms. The van der Waals surface area contributed by atoms with Crippen LogP contribution in [0.5, 0.6) is 0 Å². The number of methoxy groups -OCH3 is 1. The van der Waals surface area contributed by atoms with Crippen LogP contribution in [0.1, 0.15) is 54.2 Å². The molecule has 0 radical (unpaired) electrons. The Hall–Kier alpha value is -1.10. The van der Waals surface area contributed by atoms with Gasteiger partial charge in [0.15, 0.2) is 4.77 Å². The number of aromatic nitrogens is 2. The summed E-state index contributed by atoms with van der Waals surface area (Å²) in [5.74, 6) is 0.0729. The monoisotopic (exact) mass is 240 g/mol. The van der Waals surface area contributed by atoms with Crippen LogP contribution in [0.15, 0.2) is 0 Å². The fraction of sp³-hybridized carbons (Fsp3) is 0.636. The lowest BCUT2D eigenvalue weighted by atomic mass is 9.86. The number of H-pyrrole nitrogens is 2. The largest absolute Gasteiger partial charge is 0.464 e. The number of esters is 1. The summed E-state index contributed by atoms with van der Waals surface area (Å²) in [4.78, 5) is 17.5. The van der Waals surface area contributed by atoms with Crippen molar-refractivity contribution in [2.75, 3.05) is 7.11 Å². The molecule has 0 aromatic carbocycles. The van der Waals surface area contributed by atoms with Crippen LogP contribution < -0.4 is 0 Å². The molecule has 1 fully saturated rings. The molecular weight excluding hydrogens is 224 g/mol. The molecular formula is C11H16N2O2S. The van der Waals surface area contributed by atoms with Gasteiger partial charge in [-0.25, -0.2) is 4.79 Å². The van der Waals surface area contributed by atoms with E-state index in [0.717, 1.165) is 18.5 Å². The van der Waals surface area contributed by atoms with Crippen molar-refractivity contribution >= 4 is 18.2 Å². The highest BCUT2D eigenvalue weighted by molar-refractivity contribution is 7.71. The summed E-state index contributed by atoms with van der Waals surface area (Å²) in [5, 5.41) is 0. The Bertz CT molecular complexity index is 429. The van der Waals surface area contributed by atoms with Gasteiger partial charge >= 0.3 is 5.97 Å². The molecule has 2 N–H and O–H groups in total. The van der Waals surface area contributed by atoms with E-state index in [1.807, 2.05) is 0 Å². The highest BCUT2D eigenvalue weighted by Gasteiger charge is 2.24. The van der Waals surface area contributed by atoms with E-state index in [9.17, 15) is 4.79 Å². The summed E-state index contributed by atoms with van der Waals surface area (Å²) in [7, 11) is 1.39. The summed E-state index contributed by atoms with van der Waals surface area (Å²) in [5.41, 5.74) is 1.43. The maximum Gasteiger partial charge on any atom is 0.356 e. The molecule has 0 atom stereocenters. The van der Waals surface area contributed by atoms with Crippen LogP contribution in [0.2, 0.25) is 0 Å². The molecule has 16 heavy (non-hydrogen) atoms. The van der Waals surface area contributed by atoms with Gasteiger partial charge in [-0.2, -0.15) is 0 Å². The zero-order valence-corrected chi connectivity index (χ0v) is 10.2. The van der Waals surface area contributed by atoms with Crippen molar-refractivity contribution in [3.8, 4) is 0 Å². The molecule has 5 heteroatoms. The van der Waals surface area contributed by atoms with Crippen molar-refractivity contribution in [2.45, 2.75) is 38.0 Å². The lowest BCUT2D eigenvalue weighted by molar-refractivity contribution is 0.0592. The second-order valence-corrected chi connectivity index (χ2v) is 4.60. The molecule has 0 saturated heterocycles. The molecule has 0 bridgehead atoms. The van der Waals surface area contributed by atoms with E-state index in [4.69, 9.17) is 17.0 Å². The Morgan fingerprint density at radius 1 is 1.31 bits per heavy atom. The lowest BCUT2D eigenvalue weighted by Gasteiger charge is -2.20. The van der Waals surface area contributed by atoms with E-state index in [-0.39, 0.29) is 5.97 Å². The first-order valence-corrected chi connectivity index (χ1v) is 6.03. The molecule has 4 nitrogen and oxygen atoms in total. The quantitative estimate of drug-likeness (QED) is 0.617. The molecule has 1 aromatic rings. The predicted octanol–water partition coefficient (Wildman–Crippen LogP) is 2.91. The number of nitrogens with one attached hydrogen (secondary N) is 2. The van der Waals surface area contributed by atoms with Crippen LogP contribution >= 0.6 is 12.2 Å². The van der Waals surface area contributed by atoms with E-state index in [1.54, 1.807) is 0 Å². The average Bonchev–Trinajstić information content (AvgIpc) is 2.71. The fourth-order valence-electron chi connectivity index (χ4n) is 2.36. The van der Waals surface area contributed by atoms with E-state index < -0.39 is 0 Å². The topological polar surface area (TPSA) is 57.9 Å². The van der Waals surface area contributed by atoms with Gasteiger partial charge in [-0.05, 0) is 25.1 Å². The van der Waals surface area contributed by atoms with Gasteiger partial charge in [-0.3, -0.25) is 0 Å². The van der Waals surface area contributed by atoms with Crippen LogP contribution in [-0.2, 0) is 4.74 Å². The number of imidazole rings is 1. The van der Waals surface area contributed by atoms with E-state index in [0.29, 0.717) is 16.4 Å². The number of hydrogen-bond donors (Lipinski definition) is 2. The van der Waals surface area contributed by atoms with Crippen molar-refractivity contribution in [3.63, 3.8) is 0 Å². The van der Waals surface area contributed by atoms with Crippen molar-refractivity contribution in [1.82, 2.24) is 9.97 Å². The van der Waals surface area contributed by atoms with Gasteiger partial charge in [0.25, 0.3) is 0 Å². The molecule has 0 amide bonds. The maximum atomic E-state index is 11.6. The predicted molar refractivity (Wildman–Crippen MR) is 63.1 cm³/mol. The Kier molecular flexibility index (Phi) is 3.43. The summed E-state index contributed by atoms with van der Waals surface area (Å²) in [6.07, 6.45) is 5.96. The first-order valence-electron chi connectivity index (χ1n) is 5.63. The van der Waals surface area contributed by atoms with Crippen LogP contribution in [0.3, 0.4) is 0 Å². The summed E-state index contributed by atoms with van der Waals surface area (Å²) in [6.45, 7) is 0. The molecule has 0 unspecified atom stereocenters. The van der Waals surface area contributed by atoms with Crippen LogP contribution in [0.25, 0.3) is 0 Å². The Balaban J connectivity index is 2.31. The van der Waals surface area contributed by atoms with Crippen molar-refractivity contribution < 1.29 is 9.53 Å². The summed E-state index contributed by atoms with van der Waals surface area (Å²) >= 11 is 5.04. The number of carbonyl (C=O) groups is 1. The Morgan fingerprint density at radius 2 is 2.00 bits per heavy atom. The third-order valence-corrected chi connectivity index (χ3v) is 3.36. The second kappa shape index (κ2) is 4.82. The molecule has 1 aromatic heterocycles. The smallest absolute Gasteiger partial charge is 0.356 e. The van der Waals surface area contributed by atoms with Crippen LogP contribution in [0.4, 0.5) is 0 Å². The number of carbonyl (C=O) groups excluding carboxylic acids is 1. The van der Waals surface area contributed by atoms with Crippen molar-refractivity contribution in [1.29, 1.82) is 0 Å². The van der Waals surface area contributed by atoms with Crippen molar-refractivity contribution in [3.05, 3.63) is 16.2 Å². The normalized spacial score (nSPS) is 17.3. The Labute approximate surface area is 99.4 Å². The number of ether oxygens (including phenoxy) is 1. The lowest BCUT2D eigenvalue weighted by Crippen LogP contribution is -2.11. The molecule has 1 heterocycles. The third-order valence-electron chi connectivity index (χ3n) is 3.16. The minimum absolute atomic E-state index is 0.340. The van der Waals surface area contributed by atoms with Crippen LogP contribution in [-0.4, -0.2) is 23.0 Å². The molecule has 1 saturated carbocycles. The van der Waals surface area contributed by atoms with Gasteiger partial charge in [0, 0.05) is 5.92 Å². The van der Waals surface area contributed by atoms with Gasteiger partial charge < -0.3 is 14.7 Å². The zero-order valence-electron chi connectivity index (χ0n) is 9.34. The number of aromatic amines is 2. The maximum absolute atomic E-state index is 11.6. The molecule has 0 aliphatic heterocycles. The SMILES string of the molecule is COC(=O)c1[nH]c(=S)[nH]c1C1CCCCC1. The third kappa shape index (κ3) is 2.19. The van der Waals surface area contributed by atoms with Gasteiger partial charge in [0.1, 0.15) is 5.69 Å². The first kappa shape index (κ1) is 11.4. The van der Waals surface area contributed by atoms with E-state index >= 15 is 0 Å². The minimum atomic E-state index is -0.340. The number of hydrogen-bond acceptors (Lipinski definition) is 3. The van der Waals surface area contributed by atoms with Gasteiger partial charge in [-0.1, -0.05) is 19.3 Å². The average molecular weight is 240 g/mol. The highest BCUT2D eigenvalue weighted by atomic mass is 32.1. The molecule has 2 rings (SSSR count). The second-order valence-electron chi connectivity index (χ2n) is 4.19. The Morgan fingerprint density at radius 3 is 2.62 bits per heavy atom. The molecule has 88 valence electrons. The first-order chi connectivity index (χ1) is 7.72. The van der Waals surface area contributed by atoms with E-state index in [1.165, 1.54) is 26.4 Å². The minimum Gasteiger partial charge on any atom is -0.464 e. The number of rotatable bonds is 2. The molecule has 1 aliphatic rings. The zero-order chi connectivity index (χ0) is 11.5. The van der Waals surface area contributed by atoms with Gasteiger partial charge in [-0.15, -0.1) is 0 Å². The van der Waals surface area contributed by atoms with Crippen molar-refractivity contribution in [2.24, 2.45) is 0 Å². The van der Waals surface area contributed by atoms with Gasteiger partial charge in [0.2, 0.25) is 0 Å². The summed E-state index contributed by atoms with van der Waals surface area (Å²) < 4.78 is 5.25. The highest BCUT2D eigenvalue weighted by Crippen LogP contribution is 2.33. The van der Waals surface area contributed by atoms with E-state index in [2.05, 4.69) is 9.97 Å².